The lowest BCUT2D eigenvalue weighted by molar-refractivity contribution is -0.128. The van der Waals surface area contributed by atoms with Crippen LogP contribution in [0.25, 0.3) is 10.8 Å². The van der Waals surface area contributed by atoms with Gasteiger partial charge in [0.05, 0.1) is 42.1 Å². The molecule has 9 nitrogen and oxygen atoms in total. The summed E-state index contributed by atoms with van der Waals surface area (Å²) in [5.41, 5.74) is 0.886. The van der Waals surface area contributed by atoms with E-state index in [0.717, 1.165) is 12.1 Å². The second kappa shape index (κ2) is 13.1. The maximum atomic E-state index is 14.4. The van der Waals surface area contributed by atoms with Crippen LogP contribution in [0.1, 0.15) is 28.4 Å². The van der Waals surface area contributed by atoms with Crippen LogP contribution in [0.2, 0.25) is 0 Å². The summed E-state index contributed by atoms with van der Waals surface area (Å²) in [5.74, 6) is -2.49. The molecule has 4 aromatic carbocycles. The van der Waals surface area contributed by atoms with E-state index in [0.29, 0.717) is 10.8 Å². The molecule has 0 fully saturated rings. The zero-order valence-electron chi connectivity index (χ0n) is 24.3. The molecule has 1 heterocycles. The fraction of sp³-hybridized carbons (Fsp3) is 0.212. The molecule has 0 bridgehead atoms. The third-order valence-corrected chi connectivity index (χ3v) is 7.62. The van der Waals surface area contributed by atoms with Gasteiger partial charge in [0, 0.05) is 11.1 Å². The maximum Gasteiger partial charge on any atom is 0.387 e. The SMILES string of the molecule is CNC(C)C(=O)NC1CN(C(=O)c2ccc(F)cc2)c2cc(C#N)ccc2N(Cc2c(OC(F)F)ccc3ccccc23)C1=O. The number of hydrogen-bond donors (Lipinski definition) is 2. The van der Waals surface area contributed by atoms with Crippen LogP contribution in [0, 0.1) is 17.1 Å². The zero-order valence-corrected chi connectivity index (χ0v) is 24.3. The molecule has 1 aliphatic rings. The Kier molecular flexibility index (Phi) is 9.01. The first-order valence-corrected chi connectivity index (χ1v) is 14.0. The van der Waals surface area contributed by atoms with E-state index < -0.39 is 42.2 Å². The Hall–Kier alpha value is -5.41. The molecule has 2 unspecified atom stereocenters. The Bertz CT molecular complexity index is 1810. The van der Waals surface area contributed by atoms with Crippen molar-refractivity contribution in [2.24, 2.45) is 0 Å². The van der Waals surface area contributed by atoms with E-state index in [1.165, 1.54) is 46.2 Å². The number of anilines is 2. The Labute approximate surface area is 256 Å². The molecule has 0 aliphatic carbocycles. The highest BCUT2D eigenvalue weighted by Gasteiger charge is 2.38. The molecule has 1 aliphatic heterocycles. The molecule has 2 N–H and O–H groups in total. The minimum atomic E-state index is -3.14. The highest BCUT2D eigenvalue weighted by molar-refractivity contribution is 6.13. The van der Waals surface area contributed by atoms with Gasteiger partial charge in [-0.15, -0.1) is 0 Å². The molecule has 230 valence electrons. The molecule has 0 saturated carbocycles. The Morgan fingerprint density at radius 3 is 2.47 bits per heavy atom. The summed E-state index contributed by atoms with van der Waals surface area (Å²) in [4.78, 5) is 43.9. The molecule has 2 atom stereocenters. The van der Waals surface area contributed by atoms with E-state index in [-0.39, 0.29) is 46.9 Å². The van der Waals surface area contributed by atoms with Gasteiger partial charge >= 0.3 is 6.61 Å². The van der Waals surface area contributed by atoms with Gasteiger partial charge in [0.25, 0.3) is 11.8 Å². The number of amides is 3. The van der Waals surface area contributed by atoms with E-state index in [4.69, 9.17) is 4.74 Å². The fourth-order valence-electron chi connectivity index (χ4n) is 5.19. The van der Waals surface area contributed by atoms with Crippen LogP contribution in [-0.2, 0) is 16.1 Å². The van der Waals surface area contributed by atoms with Gasteiger partial charge in [-0.2, -0.15) is 14.0 Å². The molecule has 45 heavy (non-hydrogen) atoms. The molecule has 0 aromatic heterocycles. The Morgan fingerprint density at radius 2 is 1.78 bits per heavy atom. The van der Waals surface area contributed by atoms with E-state index in [1.54, 1.807) is 44.3 Å². The van der Waals surface area contributed by atoms with Gasteiger partial charge < -0.3 is 25.2 Å². The summed E-state index contributed by atoms with van der Waals surface area (Å²) >= 11 is 0. The number of benzene rings is 4. The normalized spacial score (nSPS) is 15.3. The van der Waals surface area contributed by atoms with Crippen molar-refractivity contribution >= 4 is 39.9 Å². The molecule has 12 heteroatoms. The monoisotopic (exact) mass is 615 g/mol. The van der Waals surface area contributed by atoms with Crippen LogP contribution in [-0.4, -0.2) is 50.0 Å². The van der Waals surface area contributed by atoms with Crippen LogP contribution in [0.3, 0.4) is 0 Å². The van der Waals surface area contributed by atoms with Crippen molar-refractivity contribution in [1.82, 2.24) is 10.6 Å². The highest BCUT2D eigenvalue weighted by Crippen LogP contribution is 2.38. The highest BCUT2D eigenvalue weighted by atomic mass is 19.3. The number of carbonyl (C=O) groups excluding carboxylic acids is 3. The van der Waals surface area contributed by atoms with Crippen molar-refractivity contribution < 1.29 is 32.3 Å². The topological polar surface area (TPSA) is 115 Å². The number of nitrogens with one attached hydrogen (secondary N) is 2. The molecular weight excluding hydrogens is 587 g/mol. The first-order valence-electron chi connectivity index (χ1n) is 14.0. The predicted molar refractivity (Wildman–Crippen MR) is 161 cm³/mol. The van der Waals surface area contributed by atoms with E-state index in [1.807, 2.05) is 6.07 Å². The largest absolute Gasteiger partial charge is 0.434 e. The number of alkyl halides is 2. The number of rotatable bonds is 8. The Morgan fingerprint density at radius 1 is 1.04 bits per heavy atom. The first-order chi connectivity index (χ1) is 21.6. The number of nitrogens with zero attached hydrogens (tertiary/aromatic N) is 3. The number of carbonyl (C=O) groups is 3. The van der Waals surface area contributed by atoms with Crippen LogP contribution >= 0.6 is 0 Å². The van der Waals surface area contributed by atoms with Gasteiger partial charge in [0.15, 0.2) is 0 Å². The average molecular weight is 616 g/mol. The zero-order chi connectivity index (χ0) is 32.2. The molecule has 3 amide bonds. The van der Waals surface area contributed by atoms with Gasteiger partial charge in [-0.3, -0.25) is 14.4 Å². The molecule has 5 rings (SSSR count). The van der Waals surface area contributed by atoms with Crippen molar-refractivity contribution in [3.05, 3.63) is 101 Å². The maximum absolute atomic E-state index is 14.4. The van der Waals surface area contributed by atoms with Gasteiger partial charge in [-0.1, -0.05) is 30.3 Å². The van der Waals surface area contributed by atoms with Crippen molar-refractivity contribution in [2.45, 2.75) is 32.2 Å². The summed E-state index contributed by atoms with van der Waals surface area (Å²) in [6.07, 6.45) is 0. The summed E-state index contributed by atoms with van der Waals surface area (Å²) in [6.45, 7) is -2.18. The number of likely N-dealkylation sites (N-methyl/N-ethyl adjacent to an activating group) is 1. The first kappa shape index (κ1) is 31.0. The molecule has 0 radical (unpaired) electrons. The van der Waals surface area contributed by atoms with Crippen molar-refractivity contribution in [2.75, 3.05) is 23.4 Å². The number of ether oxygens (including phenoxy) is 1. The van der Waals surface area contributed by atoms with E-state index in [9.17, 15) is 32.8 Å². The van der Waals surface area contributed by atoms with Crippen LogP contribution in [0.15, 0.2) is 78.9 Å². The summed E-state index contributed by atoms with van der Waals surface area (Å²) in [6, 6.07) is 19.2. The van der Waals surface area contributed by atoms with Crippen LogP contribution < -0.4 is 25.2 Å². The van der Waals surface area contributed by atoms with Gasteiger partial charge in [0.1, 0.15) is 17.6 Å². The summed E-state index contributed by atoms with van der Waals surface area (Å²) in [7, 11) is 1.57. The second-order valence-corrected chi connectivity index (χ2v) is 10.4. The quantitative estimate of drug-likeness (QED) is 0.296. The lowest BCUT2D eigenvalue weighted by Crippen LogP contribution is -2.55. The number of hydrogen-bond acceptors (Lipinski definition) is 6. The third kappa shape index (κ3) is 6.44. The average Bonchev–Trinajstić information content (AvgIpc) is 3.15. The van der Waals surface area contributed by atoms with Crippen LogP contribution in [0.4, 0.5) is 24.5 Å². The molecule has 0 saturated heterocycles. The van der Waals surface area contributed by atoms with Gasteiger partial charge in [-0.25, -0.2) is 4.39 Å². The smallest absolute Gasteiger partial charge is 0.387 e. The standard InChI is InChI=1S/C33H28F3N5O4/c1-19(38-2)30(42)39-26-18-41(31(43)22-8-11-23(34)12-9-22)28-15-20(16-37)7-13-27(28)40(32(26)44)17-25-24-6-4-3-5-21(24)10-14-29(25)45-33(35)36/h3-15,19,26,33,38H,17-18H2,1-2H3,(H,39,42). The second-order valence-electron chi connectivity index (χ2n) is 10.4. The van der Waals surface area contributed by atoms with Crippen LogP contribution in [0.5, 0.6) is 5.75 Å². The third-order valence-electron chi connectivity index (χ3n) is 7.62. The lowest BCUT2D eigenvalue weighted by atomic mass is 10.0. The van der Waals surface area contributed by atoms with E-state index in [2.05, 4.69) is 10.6 Å². The van der Waals surface area contributed by atoms with Gasteiger partial charge in [0.2, 0.25) is 5.91 Å². The Balaban J connectivity index is 1.70. The minimum absolute atomic E-state index is 0.0981. The van der Waals surface area contributed by atoms with Crippen molar-refractivity contribution in [1.29, 1.82) is 5.26 Å². The molecule has 4 aromatic rings. The van der Waals surface area contributed by atoms with Gasteiger partial charge in [-0.05, 0) is 73.3 Å². The predicted octanol–water partition coefficient (Wildman–Crippen LogP) is 4.74. The summed E-state index contributed by atoms with van der Waals surface area (Å²) < 4.78 is 45.6. The van der Waals surface area contributed by atoms with E-state index >= 15 is 0 Å². The van der Waals surface area contributed by atoms with Crippen molar-refractivity contribution in [3.8, 4) is 11.8 Å². The minimum Gasteiger partial charge on any atom is -0.434 e. The molecule has 0 spiro atoms. The fourth-order valence-corrected chi connectivity index (χ4v) is 5.19. The number of halogens is 3. The lowest BCUT2D eigenvalue weighted by Gasteiger charge is -2.27. The molecular formula is C33H28F3N5O4. The van der Waals surface area contributed by atoms with Crippen molar-refractivity contribution in [3.63, 3.8) is 0 Å². The number of nitriles is 1. The summed E-state index contributed by atoms with van der Waals surface area (Å²) in [5, 5.41) is 16.5. The number of fused-ring (bicyclic) bond motifs is 2.